The van der Waals surface area contributed by atoms with Gasteiger partial charge in [0.25, 0.3) is 0 Å². The Morgan fingerprint density at radius 1 is 1.57 bits per heavy atom. The molecule has 1 fully saturated rings. The van der Waals surface area contributed by atoms with Crippen LogP contribution in [0, 0.1) is 11.7 Å². The highest BCUT2D eigenvalue weighted by Gasteiger charge is 2.20. The number of carbonyl (C=O) groups is 1. The Morgan fingerprint density at radius 3 is 3.05 bits per heavy atom. The minimum atomic E-state index is -0.407. The number of amides is 1. The number of carbonyl (C=O) groups excluding carboxylic acids is 1. The van der Waals surface area contributed by atoms with Crippen molar-refractivity contribution in [2.75, 3.05) is 20.2 Å². The topological polar surface area (TPSA) is 50.4 Å². The molecule has 1 heterocycles. The fourth-order valence-electron chi connectivity index (χ4n) is 2.80. The molecule has 2 atom stereocenters. The zero-order valence-electron chi connectivity index (χ0n) is 12.6. The van der Waals surface area contributed by atoms with Crippen molar-refractivity contribution in [2.24, 2.45) is 5.92 Å². The third-order valence-corrected chi connectivity index (χ3v) is 3.99. The van der Waals surface area contributed by atoms with Crippen molar-refractivity contribution in [1.29, 1.82) is 0 Å². The first-order valence-corrected chi connectivity index (χ1v) is 7.44. The minimum Gasteiger partial charge on any atom is -0.496 e. The molecule has 0 aliphatic carbocycles. The number of hydrogen-bond donors (Lipinski definition) is 2. The van der Waals surface area contributed by atoms with Crippen LogP contribution in [0.15, 0.2) is 18.2 Å². The molecule has 2 N–H and O–H groups in total. The molecular weight excluding hydrogens is 271 g/mol. The van der Waals surface area contributed by atoms with Crippen molar-refractivity contribution in [1.82, 2.24) is 10.6 Å². The third-order valence-electron chi connectivity index (χ3n) is 3.99. The quantitative estimate of drug-likeness (QED) is 0.847. The Kier molecular flexibility index (Phi) is 5.56. The van der Waals surface area contributed by atoms with Crippen molar-refractivity contribution >= 4 is 5.91 Å². The third kappa shape index (κ3) is 4.17. The van der Waals surface area contributed by atoms with Gasteiger partial charge in [0.05, 0.1) is 18.7 Å². The second-order valence-corrected chi connectivity index (χ2v) is 5.54. The Hall–Kier alpha value is -1.62. The molecule has 4 nitrogen and oxygen atoms in total. The molecule has 1 saturated heterocycles. The molecule has 2 rings (SSSR count). The largest absolute Gasteiger partial charge is 0.496 e. The summed E-state index contributed by atoms with van der Waals surface area (Å²) in [5, 5.41) is 6.14. The van der Waals surface area contributed by atoms with E-state index in [1.807, 2.05) is 0 Å². The summed E-state index contributed by atoms with van der Waals surface area (Å²) in [5.74, 6) is 0.638. The highest BCUT2D eigenvalue weighted by atomic mass is 19.1. The van der Waals surface area contributed by atoms with Crippen LogP contribution in [-0.2, 0) is 4.79 Å². The van der Waals surface area contributed by atoms with Gasteiger partial charge in [0.2, 0.25) is 5.91 Å². The van der Waals surface area contributed by atoms with E-state index in [1.165, 1.54) is 13.2 Å². The van der Waals surface area contributed by atoms with E-state index in [0.29, 0.717) is 23.7 Å². The van der Waals surface area contributed by atoms with E-state index >= 15 is 0 Å². The molecule has 5 heteroatoms. The standard InChI is InChI=1S/C16H23FN2O2/c1-11(16-13(17)4-3-5-14(16)21-2)19-15(20)7-6-12-8-9-18-10-12/h3-5,11-12,18H,6-10H2,1-2H3,(H,19,20). The lowest BCUT2D eigenvalue weighted by Gasteiger charge is -2.18. The fourth-order valence-corrected chi connectivity index (χ4v) is 2.80. The summed E-state index contributed by atoms with van der Waals surface area (Å²) in [5.41, 5.74) is 0.399. The van der Waals surface area contributed by atoms with Gasteiger partial charge in [-0.05, 0) is 50.9 Å². The summed E-state index contributed by atoms with van der Waals surface area (Å²) in [4.78, 5) is 12.0. The molecule has 21 heavy (non-hydrogen) atoms. The molecule has 0 aromatic heterocycles. The zero-order valence-corrected chi connectivity index (χ0v) is 12.6. The van der Waals surface area contributed by atoms with Crippen LogP contribution in [0.5, 0.6) is 5.75 Å². The highest BCUT2D eigenvalue weighted by molar-refractivity contribution is 5.76. The predicted octanol–water partition coefficient (Wildman–Crippen LogP) is 2.40. The van der Waals surface area contributed by atoms with Crippen LogP contribution in [-0.4, -0.2) is 26.1 Å². The van der Waals surface area contributed by atoms with Gasteiger partial charge in [-0.3, -0.25) is 4.79 Å². The van der Waals surface area contributed by atoms with Crippen LogP contribution in [0.4, 0.5) is 4.39 Å². The van der Waals surface area contributed by atoms with Crippen LogP contribution in [0.2, 0.25) is 0 Å². The minimum absolute atomic E-state index is 0.0419. The van der Waals surface area contributed by atoms with E-state index in [0.717, 1.165) is 25.9 Å². The van der Waals surface area contributed by atoms with Crippen LogP contribution in [0.3, 0.4) is 0 Å². The molecule has 0 radical (unpaired) electrons. The normalized spacial score (nSPS) is 19.3. The maximum atomic E-state index is 13.9. The molecule has 1 amide bonds. The van der Waals surface area contributed by atoms with Crippen molar-refractivity contribution in [3.63, 3.8) is 0 Å². The van der Waals surface area contributed by atoms with E-state index in [2.05, 4.69) is 10.6 Å². The van der Waals surface area contributed by atoms with E-state index in [4.69, 9.17) is 4.74 Å². The monoisotopic (exact) mass is 294 g/mol. The Labute approximate surface area is 125 Å². The maximum absolute atomic E-state index is 13.9. The van der Waals surface area contributed by atoms with E-state index < -0.39 is 6.04 Å². The number of ether oxygens (including phenoxy) is 1. The predicted molar refractivity (Wildman–Crippen MR) is 79.7 cm³/mol. The first kappa shape index (κ1) is 15.8. The van der Waals surface area contributed by atoms with Crippen LogP contribution in [0.1, 0.15) is 37.8 Å². The van der Waals surface area contributed by atoms with Crippen molar-refractivity contribution in [2.45, 2.75) is 32.2 Å². The lowest BCUT2D eigenvalue weighted by Crippen LogP contribution is -2.28. The summed E-state index contributed by atoms with van der Waals surface area (Å²) in [6.45, 7) is 3.80. The van der Waals surface area contributed by atoms with E-state index in [9.17, 15) is 9.18 Å². The van der Waals surface area contributed by atoms with Crippen molar-refractivity contribution < 1.29 is 13.9 Å². The molecule has 0 saturated carbocycles. The number of halogens is 1. The second-order valence-electron chi connectivity index (χ2n) is 5.54. The van der Waals surface area contributed by atoms with Gasteiger partial charge >= 0.3 is 0 Å². The molecule has 1 aliphatic rings. The molecule has 116 valence electrons. The maximum Gasteiger partial charge on any atom is 0.220 e. The SMILES string of the molecule is COc1cccc(F)c1C(C)NC(=O)CCC1CCNC1. The van der Waals surface area contributed by atoms with Crippen LogP contribution < -0.4 is 15.4 Å². The molecular formula is C16H23FN2O2. The van der Waals surface area contributed by atoms with Crippen LogP contribution in [0.25, 0.3) is 0 Å². The number of methoxy groups -OCH3 is 1. The Morgan fingerprint density at radius 2 is 2.38 bits per heavy atom. The highest BCUT2D eigenvalue weighted by Crippen LogP contribution is 2.27. The van der Waals surface area contributed by atoms with Gasteiger partial charge in [-0.25, -0.2) is 4.39 Å². The average Bonchev–Trinajstić information content (AvgIpc) is 2.97. The summed E-state index contributed by atoms with van der Waals surface area (Å²) >= 11 is 0. The summed E-state index contributed by atoms with van der Waals surface area (Å²) < 4.78 is 19.1. The molecule has 2 unspecified atom stereocenters. The Balaban J connectivity index is 1.91. The number of hydrogen-bond acceptors (Lipinski definition) is 3. The molecule has 1 aliphatic heterocycles. The lowest BCUT2D eigenvalue weighted by molar-refractivity contribution is -0.122. The van der Waals surface area contributed by atoms with Gasteiger partial charge in [0.1, 0.15) is 11.6 Å². The van der Waals surface area contributed by atoms with E-state index in [-0.39, 0.29) is 11.7 Å². The van der Waals surface area contributed by atoms with E-state index in [1.54, 1.807) is 19.1 Å². The molecule has 1 aromatic carbocycles. The van der Waals surface area contributed by atoms with Crippen LogP contribution >= 0.6 is 0 Å². The van der Waals surface area contributed by atoms with Crippen molar-refractivity contribution in [3.05, 3.63) is 29.6 Å². The zero-order chi connectivity index (χ0) is 15.2. The first-order valence-electron chi connectivity index (χ1n) is 7.44. The summed E-state index contributed by atoms with van der Waals surface area (Å²) in [7, 11) is 1.50. The van der Waals surface area contributed by atoms with Gasteiger partial charge < -0.3 is 15.4 Å². The number of rotatable bonds is 6. The molecule has 1 aromatic rings. The summed E-state index contributed by atoms with van der Waals surface area (Å²) in [6, 6.07) is 4.27. The van der Waals surface area contributed by atoms with Gasteiger partial charge in [0.15, 0.2) is 0 Å². The number of benzene rings is 1. The smallest absolute Gasteiger partial charge is 0.220 e. The lowest BCUT2D eigenvalue weighted by atomic mass is 10.0. The Bertz CT molecular complexity index is 487. The van der Waals surface area contributed by atoms with Gasteiger partial charge in [-0.15, -0.1) is 0 Å². The number of nitrogens with one attached hydrogen (secondary N) is 2. The van der Waals surface area contributed by atoms with Gasteiger partial charge in [-0.1, -0.05) is 6.07 Å². The summed E-state index contributed by atoms with van der Waals surface area (Å²) in [6.07, 6.45) is 2.48. The molecule has 0 spiro atoms. The van der Waals surface area contributed by atoms with Crippen molar-refractivity contribution in [3.8, 4) is 5.75 Å². The van der Waals surface area contributed by atoms with Gasteiger partial charge in [0, 0.05) is 6.42 Å². The fraction of sp³-hybridized carbons (Fsp3) is 0.562. The second kappa shape index (κ2) is 7.41. The average molecular weight is 294 g/mol. The molecule has 0 bridgehead atoms. The first-order chi connectivity index (χ1) is 10.1. The van der Waals surface area contributed by atoms with Gasteiger partial charge in [-0.2, -0.15) is 0 Å².